The second-order valence-electron chi connectivity index (χ2n) is 8.23. The summed E-state index contributed by atoms with van der Waals surface area (Å²) < 4.78 is 4.74. The highest BCUT2D eigenvalue weighted by molar-refractivity contribution is 5.83. The van der Waals surface area contributed by atoms with Gasteiger partial charge in [-0.05, 0) is 68.3 Å². The van der Waals surface area contributed by atoms with Crippen molar-refractivity contribution in [2.24, 2.45) is 22.7 Å². The van der Waals surface area contributed by atoms with Crippen LogP contribution in [0.4, 0.5) is 0 Å². The molecule has 4 heteroatoms. The van der Waals surface area contributed by atoms with E-state index in [4.69, 9.17) is 4.74 Å². The van der Waals surface area contributed by atoms with Crippen LogP contribution in [0.1, 0.15) is 58.8 Å². The average Bonchev–Trinajstić information content (AvgIpc) is 2.54. The maximum Gasteiger partial charge on any atom is 0.330 e. The highest BCUT2D eigenvalue weighted by Gasteiger charge is 2.57. The fourth-order valence-corrected chi connectivity index (χ4v) is 5.78. The number of carboxylic acids is 1. The second kappa shape index (κ2) is 6.05. The molecule has 4 nitrogen and oxygen atoms in total. The van der Waals surface area contributed by atoms with Crippen LogP contribution in [-0.4, -0.2) is 24.2 Å². The van der Waals surface area contributed by atoms with Gasteiger partial charge < -0.3 is 9.84 Å². The van der Waals surface area contributed by atoms with Gasteiger partial charge in [0.15, 0.2) is 0 Å². The van der Waals surface area contributed by atoms with E-state index in [2.05, 4.69) is 13.0 Å². The Labute approximate surface area is 144 Å². The van der Waals surface area contributed by atoms with Crippen molar-refractivity contribution in [1.29, 1.82) is 0 Å². The van der Waals surface area contributed by atoms with Gasteiger partial charge in [-0.1, -0.05) is 25.0 Å². The van der Waals surface area contributed by atoms with Crippen LogP contribution in [0.5, 0.6) is 0 Å². The van der Waals surface area contributed by atoms with Gasteiger partial charge in [0.05, 0.1) is 12.5 Å². The number of hydrogen-bond acceptors (Lipinski definition) is 3. The zero-order chi connectivity index (χ0) is 17.5. The van der Waals surface area contributed by atoms with E-state index in [-0.39, 0.29) is 17.3 Å². The van der Waals surface area contributed by atoms with E-state index in [9.17, 15) is 14.7 Å². The van der Waals surface area contributed by atoms with Crippen LogP contribution in [0.25, 0.3) is 0 Å². The number of hydrogen-bond donors (Lipinski definition) is 1. The van der Waals surface area contributed by atoms with Crippen molar-refractivity contribution in [2.75, 3.05) is 7.11 Å². The molecule has 0 spiro atoms. The predicted octanol–water partition coefficient (Wildman–Crippen LogP) is 4.11. The van der Waals surface area contributed by atoms with Gasteiger partial charge in [-0.15, -0.1) is 0 Å². The van der Waals surface area contributed by atoms with Gasteiger partial charge in [0.25, 0.3) is 0 Å². The summed E-state index contributed by atoms with van der Waals surface area (Å²) in [5.41, 5.74) is 1.92. The first-order chi connectivity index (χ1) is 11.3. The Morgan fingerprint density at radius 1 is 1.25 bits per heavy atom. The van der Waals surface area contributed by atoms with E-state index in [1.54, 1.807) is 6.08 Å². The standard InChI is InChI=1S/C20H28O4/c1-19-9-4-10-20(2,18(22)23)16(19)8-6-14-11-13(5-7-15(14)19)12-17(21)24-3/h11-12,15-16H,4-10H2,1-3H3,(H,22,23)/b13-12-/t15-,16?,19+,20-/m0/s1. The number of fused-ring (bicyclic) bond motifs is 3. The molecular weight excluding hydrogens is 304 g/mol. The van der Waals surface area contributed by atoms with Crippen molar-refractivity contribution in [1.82, 2.24) is 0 Å². The summed E-state index contributed by atoms with van der Waals surface area (Å²) in [6, 6.07) is 0. The number of carbonyl (C=O) groups excluding carboxylic acids is 1. The number of carboxylic acid groups (broad SMARTS) is 1. The third-order valence-corrected chi connectivity index (χ3v) is 7.03. The van der Waals surface area contributed by atoms with Crippen LogP contribution in [0.2, 0.25) is 0 Å². The van der Waals surface area contributed by atoms with Gasteiger partial charge in [-0.25, -0.2) is 4.79 Å². The quantitative estimate of drug-likeness (QED) is 0.610. The van der Waals surface area contributed by atoms with Crippen LogP contribution in [0.15, 0.2) is 23.3 Å². The highest BCUT2D eigenvalue weighted by Crippen LogP contribution is 2.63. The minimum Gasteiger partial charge on any atom is -0.481 e. The number of rotatable bonds is 2. The molecule has 0 saturated heterocycles. The fourth-order valence-electron chi connectivity index (χ4n) is 5.78. The molecule has 3 rings (SSSR count). The summed E-state index contributed by atoms with van der Waals surface area (Å²) in [4.78, 5) is 23.5. The number of ether oxygens (including phenoxy) is 1. The van der Waals surface area contributed by atoms with Crippen LogP contribution in [-0.2, 0) is 14.3 Å². The lowest BCUT2D eigenvalue weighted by molar-refractivity contribution is -0.164. The summed E-state index contributed by atoms with van der Waals surface area (Å²) in [7, 11) is 1.40. The van der Waals surface area contributed by atoms with Crippen molar-refractivity contribution in [3.05, 3.63) is 23.3 Å². The van der Waals surface area contributed by atoms with E-state index in [0.29, 0.717) is 5.92 Å². The smallest absolute Gasteiger partial charge is 0.330 e. The second-order valence-corrected chi connectivity index (χ2v) is 8.23. The lowest BCUT2D eigenvalue weighted by Crippen LogP contribution is -2.53. The van der Waals surface area contributed by atoms with Gasteiger partial charge in [0.2, 0.25) is 0 Å². The molecule has 0 aliphatic heterocycles. The first-order valence-corrected chi connectivity index (χ1v) is 9.03. The largest absolute Gasteiger partial charge is 0.481 e. The number of aliphatic carboxylic acids is 1. The zero-order valence-corrected chi connectivity index (χ0v) is 14.9. The van der Waals surface area contributed by atoms with Crippen molar-refractivity contribution >= 4 is 11.9 Å². The van der Waals surface area contributed by atoms with Crippen LogP contribution >= 0.6 is 0 Å². The number of allylic oxidation sites excluding steroid dienone is 3. The Morgan fingerprint density at radius 3 is 2.67 bits per heavy atom. The Balaban J connectivity index is 1.92. The molecule has 0 heterocycles. The summed E-state index contributed by atoms with van der Waals surface area (Å²) in [5, 5.41) is 9.84. The van der Waals surface area contributed by atoms with Gasteiger partial charge in [0, 0.05) is 6.08 Å². The lowest BCUT2D eigenvalue weighted by atomic mass is 9.46. The van der Waals surface area contributed by atoms with E-state index >= 15 is 0 Å². The van der Waals surface area contributed by atoms with Crippen LogP contribution < -0.4 is 0 Å². The van der Waals surface area contributed by atoms with Gasteiger partial charge in [0.1, 0.15) is 0 Å². The summed E-state index contributed by atoms with van der Waals surface area (Å²) in [6.45, 7) is 4.27. The molecule has 3 aliphatic rings. The van der Waals surface area contributed by atoms with Crippen molar-refractivity contribution in [3.63, 3.8) is 0 Å². The summed E-state index contributed by atoms with van der Waals surface area (Å²) >= 11 is 0. The third-order valence-electron chi connectivity index (χ3n) is 7.03. The number of esters is 1. The normalized spacial score (nSPS) is 40.3. The molecule has 1 N–H and O–H groups in total. The van der Waals surface area contributed by atoms with Crippen molar-refractivity contribution in [2.45, 2.75) is 58.8 Å². The third kappa shape index (κ3) is 2.60. The van der Waals surface area contributed by atoms with Gasteiger partial charge in [-0.3, -0.25) is 4.79 Å². The maximum atomic E-state index is 12.0. The molecule has 4 atom stereocenters. The topological polar surface area (TPSA) is 63.6 Å². The molecule has 1 unspecified atom stereocenters. The lowest BCUT2D eigenvalue weighted by Gasteiger charge is -2.58. The molecule has 0 bridgehead atoms. The first-order valence-electron chi connectivity index (χ1n) is 9.03. The Hall–Kier alpha value is -1.58. The van der Waals surface area contributed by atoms with Crippen LogP contribution in [0.3, 0.4) is 0 Å². The SMILES string of the molecule is COC(=O)/C=C1\C=C2CCC3[C@](C)(CCC[C@]3(C)C(=O)O)[C@H]2CC1. The average molecular weight is 332 g/mol. The molecule has 0 amide bonds. The summed E-state index contributed by atoms with van der Waals surface area (Å²) in [6.07, 6.45) is 10.4. The Bertz CT molecular complexity index is 617. The molecule has 24 heavy (non-hydrogen) atoms. The minimum absolute atomic E-state index is 0.0618. The van der Waals surface area contributed by atoms with Crippen molar-refractivity contribution < 1.29 is 19.4 Å². The number of carbonyl (C=O) groups is 2. The zero-order valence-electron chi connectivity index (χ0n) is 14.9. The first kappa shape index (κ1) is 17.2. The Kier molecular flexibility index (Phi) is 4.35. The minimum atomic E-state index is -0.632. The van der Waals surface area contributed by atoms with Crippen molar-refractivity contribution in [3.8, 4) is 0 Å². The molecule has 0 aromatic carbocycles. The molecule has 3 aliphatic carbocycles. The molecule has 2 saturated carbocycles. The maximum absolute atomic E-state index is 12.0. The van der Waals surface area contributed by atoms with E-state index < -0.39 is 11.4 Å². The highest BCUT2D eigenvalue weighted by atomic mass is 16.5. The monoisotopic (exact) mass is 332 g/mol. The number of methoxy groups -OCH3 is 1. The molecule has 2 fully saturated rings. The predicted molar refractivity (Wildman–Crippen MR) is 91.3 cm³/mol. The molecule has 0 aromatic rings. The summed E-state index contributed by atoms with van der Waals surface area (Å²) in [5.74, 6) is -0.237. The Morgan fingerprint density at radius 2 is 2.00 bits per heavy atom. The molecular formula is C20H28O4. The van der Waals surface area contributed by atoms with Crippen LogP contribution in [0, 0.1) is 22.7 Å². The molecule has 0 aromatic heterocycles. The fraction of sp³-hybridized carbons (Fsp3) is 0.700. The van der Waals surface area contributed by atoms with Gasteiger partial charge in [-0.2, -0.15) is 0 Å². The molecule has 0 radical (unpaired) electrons. The van der Waals surface area contributed by atoms with Gasteiger partial charge >= 0.3 is 11.9 Å². The molecule has 132 valence electrons. The van der Waals surface area contributed by atoms with E-state index in [0.717, 1.165) is 50.5 Å². The van der Waals surface area contributed by atoms with E-state index in [1.807, 2.05) is 6.92 Å². The van der Waals surface area contributed by atoms with E-state index in [1.165, 1.54) is 12.7 Å².